The molecule has 0 aliphatic carbocycles. The Morgan fingerprint density at radius 3 is 3.00 bits per heavy atom. The van der Waals surface area contributed by atoms with E-state index in [-0.39, 0.29) is 0 Å². The Morgan fingerprint density at radius 2 is 2.29 bits per heavy atom. The van der Waals surface area contributed by atoms with Crippen LogP contribution in [0, 0.1) is 5.92 Å². The minimum atomic E-state index is 0.480. The molecule has 0 spiro atoms. The second-order valence-corrected chi connectivity index (χ2v) is 5.49. The van der Waals surface area contributed by atoms with E-state index in [1.54, 1.807) is 7.11 Å². The first-order chi connectivity index (χ1) is 10.2. The zero-order valence-corrected chi connectivity index (χ0v) is 13.0. The number of nitrogens with one attached hydrogen (secondary N) is 1. The number of rotatable bonds is 6. The smallest absolute Gasteiger partial charge is 0.193 e. The molecule has 5 nitrogen and oxygen atoms in total. The van der Waals surface area contributed by atoms with Gasteiger partial charge in [-0.3, -0.25) is 4.99 Å². The Hall–Kier alpha value is -1.59. The van der Waals surface area contributed by atoms with Gasteiger partial charge in [-0.25, -0.2) is 0 Å². The highest BCUT2D eigenvalue weighted by atomic mass is 16.5. The summed E-state index contributed by atoms with van der Waals surface area (Å²) in [5.74, 6) is 1.10. The molecule has 1 unspecified atom stereocenters. The van der Waals surface area contributed by atoms with E-state index in [9.17, 15) is 0 Å². The lowest BCUT2D eigenvalue weighted by Crippen LogP contribution is -2.25. The predicted molar refractivity (Wildman–Crippen MR) is 87.5 cm³/mol. The van der Waals surface area contributed by atoms with Crippen molar-refractivity contribution in [2.45, 2.75) is 20.0 Å². The fraction of sp³-hybridized carbons (Fsp3) is 0.562. The quantitative estimate of drug-likeness (QED) is 0.620. The molecular formula is C16H26N4O. The second-order valence-electron chi connectivity index (χ2n) is 5.49. The van der Waals surface area contributed by atoms with Gasteiger partial charge >= 0.3 is 0 Å². The van der Waals surface area contributed by atoms with Crippen molar-refractivity contribution in [2.75, 3.05) is 38.6 Å². The van der Waals surface area contributed by atoms with Crippen LogP contribution in [0.5, 0.6) is 0 Å². The Bertz CT molecular complexity index is 475. The summed E-state index contributed by atoms with van der Waals surface area (Å²) < 4.78 is 5.19. The molecule has 116 valence electrons. The van der Waals surface area contributed by atoms with Gasteiger partial charge in [-0.05, 0) is 31.5 Å². The van der Waals surface area contributed by atoms with Crippen molar-refractivity contribution in [3.8, 4) is 0 Å². The van der Waals surface area contributed by atoms with Gasteiger partial charge in [0.05, 0.1) is 6.61 Å². The fourth-order valence-corrected chi connectivity index (χ4v) is 2.68. The minimum Gasteiger partial charge on any atom is -0.380 e. The molecule has 1 fully saturated rings. The number of likely N-dealkylation sites (tertiary alicyclic amines) is 1. The number of hydrogen-bond acceptors (Lipinski definition) is 3. The topological polar surface area (TPSA) is 62.9 Å². The normalized spacial score (nSPS) is 19.9. The Kier molecular flexibility index (Phi) is 6.02. The number of para-hydroxylation sites is 1. The van der Waals surface area contributed by atoms with Gasteiger partial charge in [0, 0.05) is 31.5 Å². The van der Waals surface area contributed by atoms with Crippen molar-refractivity contribution in [3.63, 3.8) is 0 Å². The number of nitrogens with two attached hydrogens (primary N) is 1. The molecule has 1 heterocycles. The molecule has 0 aromatic heterocycles. The van der Waals surface area contributed by atoms with Crippen LogP contribution in [0.1, 0.15) is 18.9 Å². The first-order valence-electron chi connectivity index (χ1n) is 7.59. The largest absolute Gasteiger partial charge is 0.380 e. The third-order valence-corrected chi connectivity index (χ3v) is 3.92. The van der Waals surface area contributed by atoms with Gasteiger partial charge in [0.15, 0.2) is 5.96 Å². The number of nitrogens with zero attached hydrogens (tertiary/aromatic N) is 2. The zero-order chi connectivity index (χ0) is 15.1. The fourth-order valence-electron chi connectivity index (χ4n) is 2.68. The number of guanidine groups is 1. The van der Waals surface area contributed by atoms with Crippen LogP contribution in [0.2, 0.25) is 0 Å². The number of benzene rings is 1. The van der Waals surface area contributed by atoms with Crippen molar-refractivity contribution in [1.82, 2.24) is 4.90 Å². The predicted octanol–water partition coefficient (Wildman–Crippen LogP) is 1.90. The van der Waals surface area contributed by atoms with Crippen molar-refractivity contribution < 1.29 is 4.74 Å². The molecule has 21 heavy (non-hydrogen) atoms. The van der Waals surface area contributed by atoms with E-state index in [2.05, 4.69) is 22.1 Å². The monoisotopic (exact) mass is 290 g/mol. The third kappa shape index (κ3) is 4.72. The van der Waals surface area contributed by atoms with Gasteiger partial charge in [0.25, 0.3) is 0 Å². The van der Waals surface area contributed by atoms with Gasteiger partial charge in [-0.2, -0.15) is 0 Å². The van der Waals surface area contributed by atoms with Crippen molar-refractivity contribution in [1.29, 1.82) is 0 Å². The molecule has 1 aliphatic heterocycles. The number of anilines is 1. The summed E-state index contributed by atoms with van der Waals surface area (Å²) in [6, 6.07) is 7.98. The lowest BCUT2D eigenvalue weighted by atomic mass is 10.1. The molecular weight excluding hydrogens is 264 g/mol. The summed E-state index contributed by atoms with van der Waals surface area (Å²) in [6.45, 7) is 6.99. The molecule has 3 N–H and O–H groups in total. The molecule has 5 heteroatoms. The van der Waals surface area contributed by atoms with Crippen LogP contribution in [-0.4, -0.2) is 44.1 Å². The molecule has 0 amide bonds. The molecule has 1 saturated heterocycles. The summed E-state index contributed by atoms with van der Waals surface area (Å²) in [7, 11) is 1.69. The minimum absolute atomic E-state index is 0.480. The van der Waals surface area contributed by atoms with E-state index < -0.39 is 0 Å². The number of aliphatic imine (C=N–C) groups is 1. The molecule has 1 atom stereocenters. The van der Waals surface area contributed by atoms with Crippen LogP contribution >= 0.6 is 0 Å². The van der Waals surface area contributed by atoms with Crippen molar-refractivity contribution in [3.05, 3.63) is 29.8 Å². The highest BCUT2D eigenvalue weighted by molar-refractivity contribution is 5.92. The van der Waals surface area contributed by atoms with Crippen LogP contribution in [0.15, 0.2) is 29.3 Å². The van der Waals surface area contributed by atoms with Gasteiger partial charge in [-0.15, -0.1) is 0 Å². The van der Waals surface area contributed by atoms with E-state index in [0.717, 1.165) is 30.9 Å². The molecule has 0 saturated carbocycles. The van der Waals surface area contributed by atoms with Crippen LogP contribution in [0.25, 0.3) is 0 Å². The summed E-state index contributed by atoms with van der Waals surface area (Å²) in [4.78, 5) is 6.94. The maximum Gasteiger partial charge on any atom is 0.193 e. The van der Waals surface area contributed by atoms with E-state index in [1.807, 2.05) is 24.3 Å². The van der Waals surface area contributed by atoms with Crippen LogP contribution < -0.4 is 11.1 Å². The first kappa shape index (κ1) is 15.8. The van der Waals surface area contributed by atoms with E-state index >= 15 is 0 Å². The third-order valence-electron chi connectivity index (χ3n) is 3.92. The Morgan fingerprint density at radius 1 is 1.48 bits per heavy atom. The molecule has 1 aromatic carbocycles. The Balaban J connectivity index is 1.89. The van der Waals surface area contributed by atoms with Gasteiger partial charge in [-0.1, -0.05) is 25.1 Å². The maximum absolute atomic E-state index is 6.00. The van der Waals surface area contributed by atoms with Crippen LogP contribution in [-0.2, 0) is 11.3 Å². The number of methoxy groups -OCH3 is 1. The van der Waals surface area contributed by atoms with Crippen LogP contribution in [0.3, 0.4) is 0 Å². The van der Waals surface area contributed by atoms with Crippen LogP contribution in [0.4, 0.5) is 5.69 Å². The zero-order valence-electron chi connectivity index (χ0n) is 13.0. The highest BCUT2D eigenvalue weighted by Gasteiger charge is 2.20. The SMILES string of the molecule is CCN1CCC(CN=C(N)Nc2ccccc2COC)C1. The van der Waals surface area contributed by atoms with Crippen molar-refractivity contribution in [2.24, 2.45) is 16.6 Å². The summed E-state index contributed by atoms with van der Waals surface area (Å²) >= 11 is 0. The molecule has 1 aliphatic rings. The maximum atomic E-state index is 6.00. The molecule has 2 rings (SSSR count). The van der Waals surface area contributed by atoms with E-state index in [0.29, 0.717) is 18.5 Å². The molecule has 1 aromatic rings. The Labute approximate surface area is 127 Å². The van der Waals surface area contributed by atoms with Crippen molar-refractivity contribution >= 4 is 11.6 Å². The lowest BCUT2D eigenvalue weighted by Gasteiger charge is -2.13. The van der Waals surface area contributed by atoms with Gasteiger partial charge < -0.3 is 20.7 Å². The molecule has 0 bridgehead atoms. The summed E-state index contributed by atoms with van der Waals surface area (Å²) in [6.07, 6.45) is 1.21. The average Bonchev–Trinajstić information content (AvgIpc) is 2.95. The summed E-state index contributed by atoms with van der Waals surface area (Å²) in [5.41, 5.74) is 8.04. The standard InChI is InChI=1S/C16H26N4O/c1-3-20-9-8-13(11-20)10-18-16(17)19-15-7-5-4-6-14(15)12-21-2/h4-7,13H,3,8-12H2,1-2H3,(H3,17,18,19). The van der Waals surface area contributed by atoms with Gasteiger partial charge in [0.1, 0.15) is 0 Å². The van der Waals surface area contributed by atoms with Gasteiger partial charge in [0.2, 0.25) is 0 Å². The van der Waals surface area contributed by atoms with E-state index in [1.165, 1.54) is 13.0 Å². The average molecular weight is 290 g/mol. The second kappa shape index (κ2) is 8.00. The highest BCUT2D eigenvalue weighted by Crippen LogP contribution is 2.17. The number of ether oxygens (including phenoxy) is 1. The number of hydrogen-bond donors (Lipinski definition) is 2. The molecule has 0 radical (unpaired) electrons. The summed E-state index contributed by atoms with van der Waals surface area (Å²) in [5, 5.41) is 3.18. The van der Waals surface area contributed by atoms with E-state index in [4.69, 9.17) is 10.5 Å². The lowest BCUT2D eigenvalue weighted by molar-refractivity contribution is 0.185. The first-order valence-corrected chi connectivity index (χ1v) is 7.59.